The van der Waals surface area contributed by atoms with Crippen molar-refractivity contribution in [1.29, 1.82) is 0 Å². The molecular formula is C15H20N2O3. The lowest BCUT2D eigenvalue weighted by molar-refractivity contribution is -0.144. The Morgan fingerprint density at radius 3 is 2.75 bits per heavy atom. The molecule has 0 saturated carbocycles. The van der Waals surface area contributed by atoms with Crippen LogP contribution in [0.4, 0.5) is 0 Å². The fourth-order valence-corrected chi connectivity index (χ4v) is 2.46. The van der Waals surface area contributed by atoms with Gasteiger partial charge in [0.2, 0.25) is 5.91 Å². The molecule has 1 fully saturated rings. The lowest BCUT2D eigenvalue weighted by Crippen LogP contribution is -2.44. The lowest BCUT2D eigenvalue weighted by atomic mass is 9.98. The van der Waals surface area contributed by atoms with Crippen LogP contribution in [0.1, 0.15) is 18.4 Å². The third-order valence-corrected chi connectivity index (χ3v) is 3.55. The number of hydrogen-bond donors (Lipinski definition) is 2. The maximum Gasteiger partial charge on any atom is 0.307 e. The molecule has 0 aliphatic carbocycles. The average molecular weight is 276 g/mol. The monoisotopic (exact) mass is 276 g/mol. The van der Waals surface area contributed by atoms with Crippen molar-refractivity contribution in [3.05, 3.63) is 35.9 Å². The van der Waals surface area contributed by atoms with Crippen LogP contribution in [0.15, 0.2) is 30.3 Å². The smallest absolute Gasteiger partial charge is 0.307 e. The number of carbonyl (C=O) groups excluding carboxylic acids is 1. The summed E-state index contributed by atoms with van der Waals surface area (Å²) < 4.78 is 0. The molecule has 108 valence electrons. The summed E-state index contributed by atoms with van der Waals surface area (Å²) in [6, 6.07) is 9.72. The summed E-state index contributed by atoms with van der Waals surface area (Å²) in [6.07, 6.45) is 1.54. The number of aliphatic carboxylic acids is 1. The maximum atomic E-state index is 11.9. The predicted octanol–water partition coefficient (Wildman–Crippen LogP) is 1.10. The number of benzene rings is 1. The Balaban J connectivity index is 1.75. The van der Waals surface area contributed by atoms with Gasteiger partial charge in [0, 0.05) is 13.1 Å². The molecule has 20 heavy (non-hydrogen) atoms. The fraction of sp³-hybridized carbons (Fsp3) is 0.467. The minimum Gasteiger partial charge on any atom is -0.481 e. The number of nitrogens with one attached hydrogen (secondary N) is 1. The summed E-state index contributed by atoms with van der Waals surface area (Å²) in [7, 11) is 0. The lowest BCUT2D eigenvalue weighted by Gasteiger charge is -2.29. The van der Waals surface area contributed by atoms with E-state index in [0.29, 0.717) is 19.5 Å². The van der Waals surface area contributed by atoms with Crippen LogP contribution < -0.4 is 5.32 Å². The van der Waals surface area contributed by atoms with E-state index in [2.05, 4.69) is 5.32 Å². The second kappa shape index (κ2) is 7.05. The average Bonchev–Trinajstić information content (AvgIpc) is 2.46. The highest BCUT2D eigenvalue weighted by Gasteiger charge is 2.26. The van der Waals surface area contributed by atoms with Gasteiger partial charge >= 0.3 is 5.97 Å². The molecule has 1 atom stereocenters. The van der Waals surface area contributed by atoms with Crippen LogP contribution in [0, 0.1) is 5.92 Å². The minimum atomic E-state index is -0.764. The maximum absolute atomic E-state index is 11.9. The molecule has 1 heterocycles. The van der Waals surface area contributed by atoms with E-state index in [0.717, 1.165) is 18.5 Å². The van der Waals surface area contributed by atoms with Gasteiger partial charge in [-0.2, -0.15) is 0 Å². The standard InChI is InChI=1S/C15H20N2O3/c18-14(16-9-12-5-2-1-3-6-12)11-17-8-4-7-13(10-17)15(19)20/h1-3,5-6,13H,4,7-11H2,(H,16,18)(H,19,20)/t13-/m0/s1. The number of hydrogen-bond acceptors (Lipinski definition) is 3. The predicted molar refractivity (Wildman–Crippen MR) is 75.1 cm³/mol. The van der Waals surface area contributed by atoms with E-state index in [1.807, 2.05) is 35.2 Å². The molecule has 2 rings (SSSR count). The van der Waals surface area contributed by atoms with Crippen LogP contribution in [0.25, 0.3) is 0 Å². The van der Waals surface area contributed by atoms with E-state index >= 15 is 0 Å². The first-order valence-corrected chi connectivity index (χ1v) is 6.91. The van der Waals surface area contributed by atoms with E-state index in [1.54, 1.807) is 0 Å². The summed E-state index contributed by atoms with van der Waals surface area (Å²) in [5.74, 6) is -1.16. The van der Waals surface area contributed by atoms with E-state index in [-0.39, 0.29) is 18.4 Å². The van der Waals surface area contributed by atoms with Gasteiger partial charge in [0.15, 0.2) is 0 Å². The molecule has 1 saturated heterocycles. The number of carboxylic acids is 1. The first kappa shape index (κ1) is 14.5. The second-order valence-electron chi connectivity index (χ2n) is 5.17. The van der Waals surface area contributed by atoms with Gasteiger partial charge in [-0.05, 0) is 24.9 Å². The Morgan fingerprint density at radius 2 is 2.05 bits per heavy atom. The highest BCUT2D eigenvalue weighted by molar-refractivity contribution is 5.78. The van der Waals surface area contributed by atoms with Crippen LogP contribution in [0.3, 0.4) is 0 Å². The van der Waals surface area contributed by atoms with Crippen LogP contribution in [-0.2, 0) is 16.1 Å². The highest BCUT2D eigenvalue weighted by Crippen LogP contribution is 2.16. The summed E-state index contributed by atoms with van der Waals surface area (Å²) in [5, 5.41) is 11.9. The van der Waals surface area contributed by atoms with Gasteiger partial charge in [0.1, 0.15) is 0 Å². The topological polar surface area (TPSA) is 69.6 Å². The Morgan fingerprint density at radius 1 is 1.30 bits per heavy atom. The van der Waals surface area contributed by atoms with Crippen LogP contribution >= 0.6 is 0 Å². The molecule has 0 radical (unpaired) electrons. The Labute approximate surface area is 118 Å². The molecule has 0 spiro atoms. The molecule has 5 nitrogen and oxygen atoms in total. The second-order valence-corrected chi connectivity index (χ2v) is 5.17. The molecule has 0 unspecified atom stereocenters. The van der Waals surface area contributed by atoms with E-state index in [1.165, 1.54) is 0 Å². The van der Waals surface area contributed by atoms with Crippen molar-refractivity contribution in [2.75, 3.05) is 19.6 Å². The van der Waals surface area contributed by atoms with E-state index < -0.39 is 5.97 Å². The summed E-state index contributed by atoms with van der Waals surface area (Å²) in [6.45, 7) is 2.04. The Bertz CT molecular complexity index is 461. The van der Waals surface area contributed by atoms with Crippen molar-refractivity contribution in [2.45, 2.75) is 19.4 Å². The Kier molecular flexibility index (Phi) is 5.12. The van der Waals surface area contributed by atoms with Crippen LogP contribution in [-0.4, -0.2) is 41.5 Å². The van der Waals surface area contributed by atoms with Gasteiger partial charge in [0.05, 0.1) is 12.5 Å². The summed E-state index contributed by atoms with van der Waals surface area (Å²) in [5.41, 5.74) is 1.06. The number of rotatable bonds is 5. The summed E-state index contributed by atoms with van der Waals surface area (Å²) >= 11 is 0. The van der Waals surface area contributed by atoms with Gasteiger partial charge < -0.3 is 10.4 Å². The summed E-state index contributed by atoms with van der Waals surface area (Å²) in [4.78, 5) is 24.7. The number of piperidine rings is 1. The van der Waals surface area contributed by atoms with Gasteiger partial charge in [0.25, 0.3) is 0 Å². The molecule has 1 aromatic rings. The van der Waals surface area contributed by atoms with Crippen LogP contribution in [0.2, 0.25) is 0 Å². The van der Waals surface area contributed by atoms with E-state index in [9.17, 15) is 9.59 Å². The molecular weight excluding hydrogens is 256 g/mol. The van der Waals surface area contributed by atoms with Gasteiger partial charge in [-0.25, -0.2) is 0 Å². The highest BCUT2D eigenvalue weighted by atomic mass is 16.4. The first-order valence-electron chi connectivity index (χ1n) is 6.91. The molecule has 2 N–H and O–H groups in total. The van der Waals surface area contributed by atoms with Gasteiger partial charge in [-0.1, -0.05) is 30.3 Å². The number of likely N-dealkylation sites (tertiary alicyclic amines) is 1. The SMILES string of the molecule is O=C(CN1CCC[C@H](C(=O)O)C1)NCc1ccccc1. The van der Waals surface area contributed by atoms with Crippen LogP contribution in [0.5, 0.6) is 0 Å². The zero-order chi connectivity index (χ0) is 14.4. The van der Waals surface area contributed by atoms with Crippen molar-refractivity contribution in [3.8, 4) is 0 Å². The van der Waals surface area contributed by atoms with Crippen molar-refractivity contribution in [3.63, 3.8) is 0 Å². The molecule has 0 bridgehead atoms. The normalized spacial score (nSPS) is 19.5. The number of nitrogens with zero attached hydrogens (tertiary/aromatic N) is 1. The van der Waals surface area contributed by atoms with Crippen molar-refractivity contribution in [1.82, 2.24) is 10.2 Å². The van der Waals surface area contributed by atoms with E-state index in [4.69, 9.17) is 5.11 Å². The van der Waals surface area contributed by atoms with Gasteiger partial charge in [-0.3, -0.25) is 14.5 Å². The molecule has 0 aromatic heterocycles. The van der Waals surface area contributed by atoms with Crippen molar-refractivity contribution >= 4 is 11.9 Å². The largest absolute Gasteiger partial charge is 0.481 e. The first-order chi connectivity index (χ1) is 9.65. The number of carboxylic acid groups (broad SMARTS) is 1. The Hall–Kier alpha value is -1.88. The third-order valence-electron chi connectivity index (χ3n) is 3.55. The molecule has 1 aromatic carbocycles. The fourth-order valence-electron chi connectivity index (χ4n) is 2.46. The zero-order valence-electron chi connectivity index (χ0n) is 11.4. The molecule has 5 heteroatoms. The number of carbonyl (C=O) groups is 2. The van der Waals surface area contributed by atoms with Gasteiger partial charge in [-0.15, -0.1) is 0 Å². The number of amides is 1. The third kappa shape index (κ3) is 4.35. The van der Waals surface area contributed by atoms with Crippen molar-refractivity contribution < 1.29 is 14.7 Å². The molecule has 1 amide bonds. The minimum absolute atomic E-state index is 0.0557. The quantitative estimate of drug-likeness (QED) is 0.845. The molecule has 1 aliphatic heterocycles. The molecule has 1 aliphatic rings. The zero-order valence-corrected chi connectivity index (χ0v) is 11.4. The van der Waals surface area contributed by atoms with Crippen molar-refractivity contribution in [2.24, 2.45) is 5.92 Å².